The fraction of sp³-hybridized carbons (Fsp3) is 0.571. The van der Waals surface area contributed by atoms with Gasteiger partial charge in [-0.2, -0.15) is 0 Å². The molecule has 0 radical (unpaired) electrons. The van der Waals surface area contributed by atoms with E-state index in [1.54, 1.807) is 7.11 Å². The molecule has 1 aliphatic heterocycles. The van der Waals surface area contributed by atoms with Gasteiger partial charge >= 0.3 is 0 Å². The second-order valence-electron chi connectivity index (χ2n) is 7.84. The van der Waals surface area contributed by atoms with Crippen LogP contribution in [0.25, 0.3) is 0 Å². The largest absolute Gasteiger partial charge is 0.497 e. The van der Waals surface area contributed by atoms with Crippen molar-refractivity contribution in [3.05, 3.63) is 41.6 Å². The lowest BCUT2D eigenvalue weighted by atomic mass is 9.76. The Balaban J connectivity index is 2.03. The molecule has 0 atom stereocenters. The van der Waals surface area contributed by atoms with Gasteiger partial charge in [-0.25, -0.2) is 0 Å². The molecule has 1 aromatic carbocycles. The van der Waals surface area contributed by atoms with Crippen LogP contribution < -0.4 is 4.74 Å². The highest BCUT2D eigenvalue weighted by Gasteiger charge is 2.32. The van der Waals surface area contributed by atoms with Gasteiger partial charge in [-0.3, -0.25) is 4.79 Å². The molecule has 0 aliphatic carbocycles. The van der Waals surface area contributed by atoms with Crippen molar-refractivity contribution < 1.29 is 9.53 Å². The van der Waals surface area contributed by atoms with E-state index in [-0.39, 0.29) is 11.2 Å². The van der Waals surface area contributed by atoms with E-state index in [1.807, 2.05) is 24.3 Å². The van der Waals surface area contributed by atoms with E-state index >= 15 is 0 Å². The highest BCUT2D eigenvalue weighted by molar-refractivity contribution is 5.96. The number of nitrogens with zero attached hydrogens (tertiary/aromatic N) is 1. The third-order valence-electron chi connectivity index (χ3n) is 4.76. The summed E-state index contributed by atoms with van der Waals surface area (Å²) in [5, 5.41) is 0. The number of methoxy groups -OCH3 is 1. The molecule has 0 bridgehead atoms. The lowest BCUT2D eigenvalue weighted by molar-refractivity contribution is -0.116. The number of hydrogen-bond acceptors (Lipinski definition) is 3. The van der Waals surface area contributed by atoms with Crippen LogP contribution in [-0.2, 0) is 11.2 Å². The van der Waals surface area contributed by atoms with Crippen LogP contribution in [0.15, 0.2) is 36.0 Å². The van der Waals surface area contributed by atoms with Crippen molar-refractivity contribution in [2.45, 2.75) is 47.0 Å². The zero-order chi connectivity index (χ0) is 17.7. The first-order chi connectivity index (χ1) is 11.3. The van der Waals surface area contributed by atoms with Gasteiger partial charge in [-0.1, -0.05) is 39.8 Å². The highest BCUT2D eigenvalue weighted by atomic mass is 16.5. The molecular formula is C21H31NO2. The fourth-order valence-electron chi connectivity index (χ4n) is 3.23. The van der Waals surface area contributed by atoms with Gasteiger partial charge in [0.2, 0.25) is 0 Å². The monoisotopic (exact) mass is 329 g/mol. The van der Waals surface area contributed by atoms with Crippen LogP contribution in [0.3, 0.4) is 0 Å². The predicted molar refractivity (Wildman–Crippen MR) is 99.2 cm³/mol. The number of rotatable bonds is 7. The van der Waals surface area contributed by atoms with Gasteiger partial charge < -0.3 is 9.64 Å². The predicted octanol–water partition coefficient (Wildman–Crippen LogP) is 4.47. The van der Waals surface area contributed by atoms with Gasteiger partial charge in [0.1, 0.15) is 5.75 Å². The summed E-state index contributed by atoms with van der Waals surface area (Å²) in [6, 6.07) is 7.98. The zero-order valence-electron chi connectivity index (χ0n) is 15.8. The third-order valence-corrected chi connectivity index (χ3v) is 4.76. The van der Waals surface area contributed by atoms with Crippen LogP contribution in [-0.4, -0.2) is 30.9 Å². The Hall–Kier alpha value is -1.77. The van der Waals surface area contributed by atoms with Gasteiger partial charge in [0.25, 0.3) is 0 Å². The standard InChI is InChI=1S/C21H31NO2/c1-16(2)14-22-13-12-21(3,4)19(15-22)20(23)11-8-17-6-9-18(24-5)10-7-17/h6-7,9-10,15-16H,8,11-14H2,1-5H3. The molecule has 0 saturated carbocycles. The molecule has 132 valence electrons. The molecule has 0 unspecified atom stereocenters. The summed E-state index contributed by atoms with van der Waals surface area (Å²) in [6.45, 7) is 10.9. The number of benzene rings is 1. The molecule has 0 aromatic heterocycles. The molecule has 1 heterocycles. The van der Waals surface area contributed by atoms with Crippen LogP contribution in [0.2, 0.25) is 0 Å². The summed E-state index contributed by atoms with van der Waals surface area (Å²) in [7, 11) is 1.67. The average molecular weight is 329 g/mol. The zero-order valence-corrected chi connectivity index (χ0v) is 15.8. The summed E-state index contributed by atoms with van der Waals surface area (Å²) < 4.78 is 5.18. The van der Waals surface area contributed by atoms with E-state index in [4.69, 9.17) is 4.74 Å². The van der Waals surface area contributed by atoms with Crippen molar-refractivity contribution in [3.8, 4) is 5.75 Å². The number of hydrogen-bond donors (Lipinski definition) is 0. The first kappa shape index (κ1) is 18.6. The quantitative estimate of drug-likeness (QED) is 0.739. The number of carbonyl (C=O) groups is 1. The highest BCUT2D eigenvalue weighted by Crippen LogP contribution is 2.36. The Labute approximate surface area is 146 Å². The molecule has 1 aromatic rings. The molecule has 3 nitrogen and oxygen atoms in total. The van der Waals surface area contributed by atoms with Gasteiger partial charge in [0.05, 0.1) is 7.11 Å². The van der Waals surface area contributed by atoms with Crippen molar-refractivity contribution in [1.82, 2.24) is 4.90 Å². The molecule has 0 saturated heterocycles. The van der Waals surface area contributed by atoms with E-state index in [9.17, 15) is 4.79 Å². The minimum absolute atomic E-state index is 0.0233. The average Bonchev–Trinajstić information content (AvgIpc) is 2.54. The Morgan fingerprint density at radius 2 is 1.92 bits per heavy atom. The van der Waals surface area contributed by atoms with E-state index in [2.05, 4.69) is 38.8 Å². The molecule has 0 N–H and O–H groups in total. The van der Waals surface area contributed by atoms with Crippen molar-refractivity contribution in [2.75, 3.05) is 20.2 Å². The summed E-state index contributed by atoms with van der Waals surface area (Å²) in [5.41, 5.74) is 2.14. The van der Waals surface area contributed by atoms with Gasteiger partial charge in [0, 0.05) is 31.3 Å². The van der Waals surface area contributed by atoms with E-state index in [1.165, 1.54) is 5.56 Å². The van der Waals surface area contributed by atoms with E-state index in [0.29, 0.717) is 12.3 Å². The number of carbonyl (C=O) groups excluding carboxylic acids is 1. The normalized spacial score (nSPS) is 16.9. The summed E-state index contributed by atoms with van der Waals surface area (Å²) in [6.07, 6.45) is 4.51. The van der Waals surface area contributed by atoms with Gasteiger partial charge in [-0.05, 0) is 41.9 Å². The summed E-state index contributed by atoms with van der Waals surface area (Å²) >= 11 is 0. The van der Waals surface area contributed by atoms with Crippen molar-refractivity contribution >= 4 is 5.78 Å². The first-order valence-electron chi connectivity index (χ1n) is 8.94. The smallest absolute Gasteiger partial charge is 0.161 e. The lowest BCUT2D eigenvalue weighted by Crippen LogP contribution is -2.36. The maximum atomic E-state index is 12.8. The second-order valence-corrected chi connectivity index (χ2v) is 7.84. The molecule has 3 heteroatoms. The van der Waals surface area contributed by atoms with Crippen molar-refractivity contribution in [3.63, 3.8) is 0 Å². The van der Waals surface area contributed by atoms with Crippen LogP contribution in [0, 0.1) is 11.3 Å². The Morgan fingerprint density at radius 1 is 1.25 bits per heavy atom. The first-order valence-corrected chi connectivity index (χ1v) is 8.94. The summed E-state index contributed by atoms with van der Waals surface area (Å²) in [5.74, 6) is 1.74. The molecule has 2 rings (SSSR count). The third kappa shape index (κ3) is 4.86. The fourth-order valence-corrected chi connectivity index (χ4v) is 3.23. The molecule has 1 aliphatic rings. The minimum Gasteiger partial charge on any atom is -0.497 e. The molecule has 0 amide bonds. The second kappa shape index (κ2) is 7.87. The maximum Gasteiger partial charge on any atom is 0.161 e. The Bertz CT molecular complexity index is 584. The summed E-state index contributed by atoms with van der Waals surface area (Å²) in [4.78, 5) is 15.1. The van der Waals surface area contributed by atoms with E-state index < -0.39 is 0 Å². The van der Waals surface area contributed by atoms with Gasteiger partial charge in [-0.15, -0.1) is 0 Å². The lowest BCUT2D eigenvalue weighted by Gasteiger charge is -2.37. The number of ketones is 1. The molecule has 24 heavy (non-hydrogen) atoms. The molecular weight excluding hydrogens is 298 g/mol. The topological polar surface area (TPSA) is 29.5 Å². The molecule has 0 fully saturated rings. The van der Waals surface area contributed by atoms with Crippen LogP contribution in [0.5, 0.6) is 5.75 Å². The van der Waals surface area contributed by atoms with Crippen LogP contribution >= 0.6 is 0 Å². The number of ether oxygens (including phenoxy) is 1. The number of aryl methyl sites for hydroxylation is 1. The Kier molecular flexibility index (Phi) is 6.09. The SMILES string of the molecule is COc1ccc(CCC(=O)C2=CN(CC(C)C)CCC2(C)C)cc1. The minimum atomic E-state index is -0.0233. The van der Waals surface area contributed by atoms with Crippen LogP contribution in [0.1, 0.15) is 46.1 Å². The number of allylic oxidation sites excluding steroid dienone is 1. The van der Waals surface area contributed by atoms with Gasteiger partial charge in [0.15, 0.2) is 5.78 Å². The van der Waals surface area contributed by atoms with Crippen LogP contribution in [0.4, 0.5) is 0 Å². The molecule has 0 spiro atoms. The number of Topliss-reactive ketones (excluding diaryl/α,β-unsaturated/α-hetero) is 1. The maximum absolute atomic E-state index is 12.8. The Morgan fingerprint density at radius 3 is 2.50 bits per heavy atom. The van der Waals surface area contributed by atoms with Crippen molar-refractivity contribution in [1.29, 1.82) is 0 Å². The van der Waals surface area contributed by atoms with E-state index in [0.717, 1.165) is 37.3 Å². The van der Waals surface area contributed by atoms with Crippen molar-refractivity contribution in [2.24, 2.45) is 11.3 Å².